The molecule has 0 amide bonds. The summed E-state index contributed by atoms with van der Waals surface area (Å²) in [5.74, 6) is 2.11. The van der Waals surface area contributed by atoms with Gasteiger partial charge < -0.3 is 9.47 Å². The van der Waals surface area contributed by atoms with Crippen LogP contribution in [0.4, 0.5) is 0 Å². The van der Waals surface area contributed by atoms with Crippen molar-refractivity contribution < 1.29 is 9.47 Å². The van der Waals surface area contributed by atoms with Crippen LogP contribution in [0.2, 0.25) is 0 Å². The fraction of sp³-hybridized carbons (Fsp3) is 1.00. The van der Waals surface area contributed by atoms with E-state index >= 15 is 0 Å². The van der Waals surface area contributed by atoms with Crippen LogP contribution in [0.5, 0.6) is 0 Å². The molecule has 0 aromatic rings. The number of ether oxygens (including phenoxy) is 2. The third kappa shape index (κ3) is 19.9. The van der Waals surface area contributed by atoms with Gasteiger partial charge in [-0.25, -0.2) is 0 Å². The molecule has 0 heterocycles. The van der Waals surface area contributed by atoms with Crippen LogP contribution in [0, 0.1) is 17.8 Å². The summed E-state index contributed by atoms with van der Waals surface area (Å²) in [6.07, 6.45) is 1.53. The first-order valence-electron chi connectivity index (χ1n) is 8.95. The zero-order chi connectivity index (χ0) is 18.1. The predicted octanol–water partition coefficient (Wildman–Crippen LogP) is 6.33. The van der Waals surface area contributed by atoms with Crippen molar-refractivity contribution in [2.45, 2.75) is 107 Å². The Morgan fingerprint density at radius 2 is 1.18 bits per heavy atom. The second-order valence-corrected chi connectivity index (χ2v) is 9.32. The van der Waals surface area contributed by atoms with Gasteiger partial charge in [0.2, 0.25) is 0 Å². The summed E-state index contributed by atoms with van der Waals surface area (Å²) in [6, 6.07) is 0. The van der Waals surface area contributed by atoms with Gasteiger partial charge in [-0.05, 0) is 72.6 Å². The lowest BCUT2D eigenvalue weighted by molar-refractivity contribution is -0.0584. The highest BCUT2D eigenvalue weighted by Crippen LogP contribution is 2.16. The summed E-state index contributed by atoms with van der Waals surface area (Å²) < 4.78 is 11.4. The van der Waals surface area contributed by atoms with Crippen molar-refractivity contribution in [2.24, 2.45) is 17.8 Å². The first-order valence-corrected chi connectivity index (χ1v) is 8.95. The van der Waals surface area contributed by atoms with Crippen molar-refractivity contribution >= 4 is 0 Å². The molecule has 2 heteroatoms. The van der Waals surface area contributed by atoms with Gasteiger partial charge in [0.15, 0.2) is 0 Å². The van der Waals surface area contributed by atoms with Crippen molar-refractivity contribution in [2.75, 3.05) is 6.61 Å². The van der Waals surface area contributed by atoms with Crippen molar-refractivity contribution in [3.05, 3.63) is 0 Å². The molecule has 2 atom stereocenters. The lowest BCUT2D eigenvalue weighted by atomic mass is 9.99. The standard InChI is InChI=1S/2C10H22O/c1-8(2)9(3)7-11-10(4,5)6;1-8(2)7-9(3)11-10(4,5)6/h2*8-9H,7H2,1-6H3. The van der Waals surface area contributed by atoms with Gasteiger partial charge in [0.05, 0.1) is 23.9 Å². The fourth-order valence-electron chi connectivity index (χ4n) is 1.89. The highest BCUT2D eigenvalue weighted by atomic mass is 16.5. The molecule has 0 aromatic heterocycles. The smallest absolute Gasteiger partial charge is 0.0602 e. The third-order valence-corrected chi connectivity index (χ3v) is 3.28. The predicted molar refractivity (Wildman–Crippen MR) is 99.5 cm³/mol. The van der Waals surface area contributed by atoms with Crippen molar-refractivity contribution in [3.8, 4) is 0 Å². The molecule has 2 nitrogen and oxygen atoms in total. The summed E-state index contributed by atoms with van der Waals surface area (Å²) in [5, 5.41) is 0. The maximum atomic E-state index is 5.75. The summed E-state index contributed by atoms with van der Waals surface area (Å²) in [6.45, 7) is 26.8. The van der Waals surface area contributed by atoms with Crippen LogP contribution in [-0.2, 0) is 9.47 Å². The zero-order valence-electron chi connectivity index (χ0n) is 17.5. The molecule has 0 rings (SSSR count). The molecule has 0 aliphatic heterocycles. The van der Waals surface area contributed by atoms with E-state index in [1.165, 1.54) is 0 Å². The highest BCUT2D eigenvalue weighted by molar-refractivity contribution is 4.64. The molecular weight excluding hydrogens is 272 g/mol. The van der Waals surface area contributed by atoms with Crippen LogP contribution < -0.4 is 0 Å². The topological polar surface area (TPSA) is 18.5 Å². The molecule has 0 saturated heterocycles. The molecular formula is C20H44O2. The molecule has 0 fully saturated rings. The van der Waals surface area contributed by atoms with Crippen LogP contribution in [-0.4, -0.2) is 23.9 Å². The van der Waals surface area contributed by atoms with Crippen LogP contribution in [0.15, 0.2) is 0 Å². The van der Waals surface area contributed by atoms with E-state index in [1.807, 2.05) is 0 Å². The molecule has 0 aromatic carbocycles. The van der Waals surface area contributed by atoms with Gasteiger partial charge in [0.25, 0.3) is 0 Å². The van der Waals surface area contributed by atoms with Gasteiger partial charge in [-0.15, -0.1) is 0 Å². The first kappa shape index (κ1) is 24.2. The molecule has 0 aliphatic rings. The summed E-state index contributed by atoms with van der Waals surface area (Å²) in [4.78, 5) is 0. The monoisotopic (exact) mass is 316 g/mol. The molecule has 0 radical (unpaired) electrons. The molecule has 22 heavy (non-hydrogen) atoms. The van der Waals surface area contributed by atoms with Crippen LogP contribution in [0.3, 0.4) is 0 Å². The molecule has 0 N–H and O–H groups in total. The lowest BCUT2D eigenvalue weighted by Crippen LogP contribution is -2.26. The van der Waals surface area contributed by atoms with Crippen LogP contribution in [0.25, 0.3) is 0 Å². The highest BCUT2D eigenvalue weighted by Gasteiger charge is 2.15. The van der Waals surface area contributed by atoms with E-state index in [1.54, 1.807) is 0 Å². The van der Waals surface area contributed by atoms with E-state index in [2.05, 4.69) is 83.1 Å². The normalized spacial score (nSPS) is 15.5. The van der Waals surface area contributed by atoms with Crippen molar-refractivity contribution in [1.29, 1.82) is 0 Å². The zero-order valence-corrected chi connectivity index (χ0v) is 17.5. The van der Waals surface area contributed by atoms with E-state index in [9.17, 15) is 0 Å². The Hall–Kier alpha value is -0.0800. The number of hydrogen-bond donors (Lipinski definition) is 0. The van der Waals surface area contributed by atoms with Gasteiger partial charge in [0.1, 0.15) is 0 Å². The Labute approximate surface area is 141 Å². The molecule has 0 aliphatic carbocycles. The van der Waals surface area contributed by atoms with Crippen LogP contribution in [0.1, 0.15) is 89.5 Å². The van der Waals surface area contributed by atoms with Crippen LogP contribution >= 0.6 is 0 Å². The minimum Gasteiger partial charge on any atom is -0.376 e. The van der Waals surface area contributed by atoms with E-state index in [4.69, 9.17) is 9.47 Å². The van der Waals surface area contributed by atoms with E-state index in [-0.39, 0.29) is 11.2 Å². The van der Waals surface area contributed by atoms with Gasteiger partial charge >= 0.3 is 0 Å². The quantitative estimate of drug-likeness (QED) is 0.570. The van der Waals surface area contributed by atoms with Crippen molar-refractivity contribution in [1.82, 2.24) is 0 Å². The second-order valence-electron chi connectivity index (χ2n) is 9.32. The molecule has 2 unspecified atom stereocenters. The van der Waals surface area contributed by atoms with E-state index < -0.39 is 0 Å². The lowest BCUT2D eigenvalue weighted by Gasteiger charge is -2.26. The Bertz CT molecular complexity index is 256. The average Bonchev–Trinajstić information content (AvgIpc) is 2.21. The Morgan fingerprint density at radius 3 is 1.45 bits per heavy atom. The van der Waals surface area contributed by atoms with E-state index in [0.717, 1.165) is 24.9 Å². The fourth-order valence-corrected chi connectivity index (χ4v) is 1.89. The summed E-state index contributed by atoms with van der Waals surface area (Å²) in [7, 11) is 0. The summed E-state index contributed by atoms with van der Waals surface area (Å²) >= 11 is 0. The molecule has 0 spiro atoms. The SMILES string of the molecule is CC(C)C(C)COC(C)(C)C.CC(C)CC(C)OC(C)(C)C. The number of hydrogen-bond acceptors (Lipinski definition) is 2. The maximum Gasteiger partial charge on any atom is 0.0602 e. The van der Waals surface area contributed by atoms with Gasteiger partial charge in [-0.3, -0.25) is 0 Å². The summed E-state index contributed by atoms with van der Waals surface area (Å²) in [5.41, 5.74) is 0.0253. The Morgan fingerprint density at radius 1 is 0.727 bits per heavy atom. The Balaban J connectivity index is 0. The first-order chi connectivity index (χ1) is 9.64. The Kier molecular flexibility index (Phi) is 11.7. The average molecular weight is 317 g/mol. The van der Waals surface area contributed by atoms with Gasteiger partial charge in [-0.2, -0.15) is 0 Å². The van der Waals surface area contributed by atoms with E-state index in [0.29, 0.717) is 12.0 Å². The maximum absolute atomic E-state index is 5.75. The van der Waals surface area contributed by atoms with Gasteiger partial charge in [0, 0.05) is 0 Å². The minimum absolute atomic E-state index is 0.00824. The second kappa shape index (κ2) is 10.6. The molecule has 136 valence electrons. The molecule has 0 bridgehead atoms. The number of rotatable bonds is 6. The molecule has 0 saturated carbocycles. The third-order valence-electron chi connectivity index (χ3n) is 3.28. The minimum atomic E-state index is 0.00824. The van der Waals surface area contributed by atoms with Gasteiger partial charge in [-0.1, -0.05) is 34.6 Å². The largest absolute Gasteiger partial charge is 0.376 e. The van der Waals surface area contributed by atoms with Crippen molar-refractivity contribution in [3.63, 3.8) is 0 Å².